The van der Waals surface area contributed by atoms with E-state index in [0.717, 1.165) is 37.9 Å². The fourth-order valence-electron chi connectivity index (χ4n) is 4.35. The fourth-order valence-corrected chi connectivity index (χ4v) is 4.35. The van der Waals surface area contributed by atoms with Crippen molar-refractivity contribution in [1.82, 2.24) is 10.2 Å². The van der Waals surface area contributed by atoms with Crippen LogP contribution in [-0.4, -0.2) is 50.0 Å². The van der Waals surface area contributed by atoms with Gasteiger partial charge in [0, 0.05) is 32.1 Å². The average molecular weight is 345 g/mol. The Kier molecular flexibility index (Phi) is 5.27. The number of hydrogen-bond donors (Lipinski definition) is 2. The van der Waals surface area contributed by atoms with Crippen LogP contribution < -0.4 is 15.8 Å². The van der Waals surface area contributed by atoms with Gasteiger partial charge in [0.05, 0.1) is 7.11 Å². The Labute approximate surface area is 148 Å². The van der Waals surface area contributed by atoms with Crippen LogP contribution in [0.3, 0.4) is 0 Å². The zero-order valence-corrected chi connectivity index (χ0v) is 14.8. The number of para-hydroxylation sites is 1. The molecule has 25 heavy (non-hydrogen) atoms. The van der Waals surface area contributed by atoms with Crippen LogP contribution in [0.25, 0.3) is 0 Å². The van der Waals surface area contributed by atoms with Gasteiger partial charge in [-0.05, 0) is 24.5 Å². The van der Waals surface area contributed by atoms with Gasteiger partial charge in [-0.1, -0.05) is 31.0 Å². The van der Waals surface area contributed by atoms with Crippen molar-refractivity contribution < 1.29 is 14.3 Å². The number of hydrogen-bond acceptors (Lipinski definition) is 4. The second kappa shape index (κ2) is 7.44. The summed E-state index contributed by atoms with van der Waals surface area (Å²) in [5.41, 5.74) is 5.62. The molecule has 2 aliphatic rings. The van der Waals surface area contributed by atoms with Gasteiger partial charge in [0.15, 0.2) is 0 Å². The summed E-state index contributed by atoms with van der Waals surface area (Å²) in [6.07, 6.45) is 3.09. The minimum Gasteiger partial charge on any atom is -0.496 e. The molecule has 6 nitrogen and oxygen atoms in total. The molecule has 3 N–H and O–H groups in total. The molecule has 1 aliphatic heterocycles. The molecule has 1 aromatic rings. The maximum atomic E-state index is 13.5. The Bertz CT molecular complexity index is 643. The number of carbonyl (C=O) groups is 2. The highest BCUT2D eigenvalue weighted by Gasteiger charge is 2.54. The second-order valence-electron chi connectivity index (χ2n) is 6.92. The maximum Gasteiger partial charge on any atom is 0.238 e. The predicted octanol–water partition coefficient (Wildman–Crippen LogP) is 1.26. The van der Waals surface area contributed by atoms with Crippen molar-refractivity contribution in [2.75, 3.05) is 33.3 Å². The molecular weight excluding hydrogens is 318 g/mol. The maximum absolute atomic E-state index is 13.5. The van der Waals surface area contributed by atoms with Crippen molar-refractivity contribution in [1.29, 1.82) is 0 Å². The van der Waals surface area contributed by atoms with E-state index in [1.165, 1.54) is 0 Å². The molecule has 1 heterocycles. The Balaban J connectivity index is 2.04. The Morgan fingerprint density at radius 3 is 2.64 bits per heavy atom. The van der Waals surface area contributed by atoms with Crippen LogP contribution in [0.5, 0.6) is 5.75 Å². The largest absolute Gasteiger partial charge is 0.496 e. The second-order valence-corrected chi connectivity index (χ2v) is 6.92. The summed E-state index contributed by atoms with van der Waals surface area (Å²) < 4.78 is 5.51. The smallest absolute Gasteiger partial charge is 0.238 e. The van der Waals surface area contributed by atoms with Crippen LogP contribution in [0, 0.1) is 5.41 Å². The van der Waals surface area contributed by atoms with E-state index in [-0.39, 0.29) is 11.8 Å². The fraction of sp³-hybridized carbons (Fsp3) is 0.579. The number of carbonyl (C=O) groups excluding carboxylic acids is 2. The number of nitrogens with one attached hydrogen (secondary N) is 1. The van der Waals surface area contributed by atoms with E-state index in [1.54, 1.807) is 12.0 Å². The predicted molar refractivity (Wildman–Crippen MR) is 95.3 cm³/mol. The number of ether oxygens (including phenoxy) is 1. The lowest BCUT2D eigenvalue weighted by Crippen LogP contribution is -2.58. The Morgan fingerprint density at radius 1 is 1.24 bits per heavy atom. The summed E-state index contributed by atoms with van der Waals surface area (Å²) in [6, 6.07) is 7.66. The summed E-state index contributed by atoms with van der Waals surface area (Å²) in [5, 5.41) is 3.25. The highest BCUT2D eigenvalue weighted by Crippen LogP contribution is 2.50. The van der Waals surface area contributed by atoms with Crippen LogP contribution in [0.2, 0.25) is 0 Å². The van der Waals surface area contributed by atoms with E-state index in [1.807, 2.05) is 24.3 Å². The van der Waals surface area contributed by atoms with E-state index in [4.69, 9.17) is 10.5 Å². The van der Waals surface area contributed by atoms with Gasteiger partial charge in [-0.15, -0.1) is 0 Å². The molecule has 2 amide bonds. The quantitative estimate of drug-likeness (QED) is 0.805. The lowest BCUT2D eigenvalue weighted by Gasteiger charge is -2.44. The number of piperazine rings is 1. The molecule has 0 radical (unpaired) electrons. The van der Waals surface area contributed by atoms with E-state index in [2.05, 4.69) is 5.32 Å². The van der Waals surface area contributed by atoms with E-state index >= 15 is 0 Å². The Hall–Kier alpha value is -2.08. The number of rotatable bonds is 4. The normalized spacial score (nSPS) is 26.9. The highest BCUT2D eigenvalue weighted by molar-refractivity contribution is 6.05. The van der Waals surface area contributed by atoms with Crippen molar-refractivity contribution in [2.24, 2.45) is 11.1 Å². The molecule has 0 aromatic heterocycles. The zero-order chi connectivity index (χ0) is 17.9. The van der Waals surface area contributed by atoms with Crippen LogP contribution in [-0.2, 0) is 9.59 Å². The molecule has 1 saturated heterocycles. The molecule has 0 bridgehead atoms. The van der Waals surface area contributed by atoms with Crippen LogP contribution in [0.1, 0.15) is 37.2 Å². The van der Waals surface area contributed by atoms with E-state index in [0.29, 0.717) is 25.3 Å². The third kappa shape index (κ3) is 3.11. The van der Waals surface area contributed by atoms with Gasteiger partial charge in [0.2, 0.25) is 11.8 Å². The van der Waals surface area contributed by atoms with Gasteiger partial charge < -0.3 is 20.7 Å². The van der Waals surface area contributed by atoms with Crippen LogP contribution in [0.4, 0.5) is 0 Å². The van der Waals surface area contributed by atoms with Gasteiger partial charge in [-0.3, -0.25) is 9.59 Å². The molecule has 136 valence electrons. The SMILES string of the molecule is COc1ccccc1C1CCCCC1(C(N)=O)C(=O)N1CCNCC1. The minimum atomic E-state index is -1.18. The highest BCUT2D eigenvalue weighted by atomic mass is 16.5. The van der Waals surface area contributed by atoms with E-state index < -0.39 is 11.3 Å². The summed E-state index contributed by atoms with van der Waals surface area (Å²) in [5.74, 6) is -0.144. The first-order valence-corrected chi connectivity index (χ1v) is 9.04. The molecular formula is C19H27N3O3. The average Bonchev–Trinajstić information content (AvgIpc) is 2.67. The van der Waals surface area contributed by atoms with Crippen molar-refractivity contribution >= 4 is 11.8 Å². The van der Waals surface area contributed by atoms with E-state index in [9.17, 15) is 9.59 Å². The molecule has 2 unspecified atom stereocenters. The van der Waals surface area contributed by atoms with Crippen molar-refractivity contribution in [2.45, 2.75) is 31.6 Å². The number of nitrogens with two attached hydrogens (primary N) is 1. The van der Waals surface area contributed by atoms with Gasteiger partial charge in [-0.2, -0.15) is 0 Å². The first-order chi connectivity index (χ1) is 12.1. The lowest BCUT2D eigenvalue weighted by molar-refractivity contribution is -0.154. The standard InChI is InChI=1S/C19H27N3O3/c1-25-16-8-3-2-6-14(16)15-7-4-5-9-19(15,17(20)23)18(24)22-12-10-21-11-13-22/h2-3,6,8,15,21H,4-5,7,9-13H2,1H3,(H2,20,23). The molecule has 6 heteroatoms. The third-order valence-corrected chi connectivity index (χ3v) is 5.65. The van der Waals surface area contributed by atoms with Crippen LogP contribution in [0.15, 0.2) is 24.3 Å². The van der Waals surface area contributed by atoms with Gasteiger partial charge in [-0.25, -0.2) is 0 Å². The number of methoxy groups -OCH3 is 1. The zero-order valence-electron chi connectivity index (χ0n) is 14.8. The molecule has 3 rings (SSSR count). The first-order valence-electron chi connectivity index (χ1n) is 9.04. The summed E-state index contributed by atoms with van der Waals surface area (Å²) in [7, 11) is 1.62. The molecule has 1 saturated carbocycles. The molecule has 0 spiro atoms. The van der Waals surface area contributed by atoms with Gasteiger partial charge in [0.25, 0.3) is 0 Å². The first kappa shape index (κ1) is 17.7. The van der Waals surface area contributed by atoms with Gasteiger partial charge >= 0.3 is 0 Å². The molecule has 2 fully saturated rings. The molecule has 1 aromatic carbocycles. The summed E-state index contributed by atoms with van der Waals surface area (Å²) in [4.78, 5) is 27.9. The monoisotopic (exact) mass is 345 g/mol. The molecule has 1 aliphatic carbocycles. The van der Waals surface area contributed by atoms with Crippen molar-refractivity contribution in [3.63, 3.8) is 0 Å². The number of nitrogens with zero attached hydrogens (tertiary/aromatic N) is 1. The third-order valence-electron chi connectivity index (χ3n) is 5.65. The van der Waals surface area contributed by atoms with Crippen LogP contribution >= 0.6 is 0 Å². The molecule has 2 atom stereocenters. The number of benzene rings is 1. The Morgan fingerprint density at radius 2 is 1.96 bits per heavy atom. The summed E-state index contributed by atoms with van der Waals surface area (Å²) in [6.45, 7) is 2.73. The van der Waals surface area contributed by atoms with Crippen molar-refractivity contribution in [3.05, 3.63) is 29.8 Å². The topological polar surface area (TPSA) is 84.7 Å². The minimum absolute atomic E-state index is 0.114. The lowest BCUT2D eigenvalue weighted by atomic mass is 9.62. The summed E-state index contributed by atoms with van der Waals surface area (Å²) >= 11 is 0. The number of amides is 2. The van der Waals surface area contributed by atoms with Crippen molar-refractivity contribution in [3.8, 4) is 5.75 Å². The number of primary amides is 1. The van der Waals surface area contributed by atoms with Gasteiger partial charge in [0.1, 0.15) is 11.2 Å².